The van der Waals surface area contributed by atoms with Gasteiger partial charge in [-0.15, -0.1) is 0 Å². The van der Waals surface area contributed by atoms with Gasteiger partial charge in [-0.3, -0.25) is 0 Å². The summed E-state index contributed by atoms with van der Waals surface area (Å²) in [5.74, 6) is 0. The van der Waals surface area contributed by atoms with Crippen molar-refractivity contribution in [2.75, 3.05) is 14.2 Å². The molecule has 0 rings (SSSR count). The predicted molar refractivity (Wildman–Crippen MR) is 127 cm³/mol. The van der Waals surface area contributed by atoms with Gasteiger partial charge in [0.2, 0.25) is 0 Å². The summed E-state index contributed by atoms with van der Waals surface area (Å²) in [7, 11) is -3.51. The summed E-state index contributed by atoms with van der Waals surface area (Å²) < 4.78 is 47.8. The van der Waals surface area contributed by atoms with Gasteiger partial charge in [0.05, 0.1) is 0 Å². The Kier molecular flexibility index (Phi) is 25.7. The third kappa shape index (κ3) is 63.3. The van der Waals surface area contributed by atoms with Crippen LogP contribution in [0, 0.1) is 0 Å². The zero-order valence-electron chi connectivity index (χ0n) is 22.2. The van der Waals surface area contributed by atoms with Crippen LogP contribution in [0.15, 0.2) is 0 Å². The molecule has 0 aromatic heterocycles. The van der Waals surface area contributed by atoms with E-state index < -0.39 is 16.5 Å². The molecule has 0 radical (unpaired) electrons. The first-order valence-electron chi connectivity index (χ1n) is 9.80. The summed E-state index contributed by atoms with van der Waals surface area (Å²) >= 11 is -0.662. The maximum Gasteiger partial charge on any atom is 0.121 e. The summed E-state index contributed by atoms with van der Waals surface area (Å²) in [6, 6.07) is 0. The van der Waals surface area contributed by atoms with Gasteiger partial charge in [-0.25, -0.2) is 0 Å². The molecular weight excluding hydrogens is 492 g/mol. The Balaban J connectivity index is -0.000000175. The van der Waals surface area contributed by atoms with E-state index in [-0.39, 0.29) is 54.2 Å². The average Bonchev–Trinajstić information content (AvgIpc) is 2.51. The van der Waals surface area contributed by atoms with Gasteiger partial charge in [-0.05, 0) is 0 Å². The molecule has 2 atom stereocenters. The van der Waals surface area contributed by atoms with Crippen LogP contribution in [0.3, 0.4) is 0 Å². The van der Waals surface area contributed by atoms with Gasteiger partial charge in [0, 0.05) is 14.2 Å². The Morgan fingerprint density at radius 3 is 0.688 bits per heavy atom. The van der Waals surface area contributed by atoms with E-state index in [9.17, 15) is 18.9 Å². The van der Waals surface area contributed by atoms with Crippen LogP contribution in [0.2, 0.25) is 0 Å². The molecule has 0 aromatic rings. The summed E-state index contributed by atoms with van der Waals surface area (Å²) in [5, 5.41) is 0. The van der Waals surface area contributed by atoms with E-state index in [4.69, 9.17) is 15.2 Å². The van der Waals surface area contributed by atoms with E-state index in [1.807, 2.05) is 83.1 Å². The molecule has 0 saturated heterocycles. The van der Waals surface area contributed by atoms with Crippen LogP contribution >= 0.6 is 16.5 Å². The van der Waals surface area contributed by atoms with E-state index in [1.54, 1.807) is 0 Å². The second kappa shape index (κ2) is 20.4. The van der Waals surface area contributed by atoms with Gasteiger partial charge in [0.15, 0.2) is 0 Å². The van der Waals surface area contributed by atoms with Gasteiger partial charge in [0.1, 0.15) is 16.5 Å². The second-order valence-electron chi connectivity index (χ2n) is 10.0. The minimum atomic E-state index is -2.87. The Morgan fingerprint density at radius 1 is 0.500 bits per heavy atom. The van der Waals surface area contributed by atoms with Crippen molar-refractivity contribution < 1.29 is 43.1 Å². The molecule has 0 aromatic carbocycles. The topological polar surface area (TPSA) is 136 Å². The minimum absolute atomic E-state index is 0.0689. The molecule has 0 aliphatic heterocycles. The third-order valence-electron chi connectivity index (χ3n) is 1.94. The maximum absolute atomic E-state index is 9.22. The van der Waals surface area contributed by atoms with Crippen LogP contribution in [0.1, 0.15) is 83.1 Å². The molecule has 32 heavy (non-hydrogen) atoms. The monoisotopic (exact) mass is 536 g/mol. The molecular formula is C18H44Al2O10P2. The molecule has 0 heterocycles. The summed E-state index contributed by atoms with van der Waals surface area (Å²) in [6.45, 7) is 24.4. The van der Waals surface area contributed by atoms with Crippen molar-refractivity contribution in [2.24, 2.45) is 0 Å². The number of hydrogen-bond donors (Lipinski definition) is 0. The van der Waals surface area contributed by atoms with E-state index >= 15 is 0 Å². The zero-order valence-corrected chi connectivity index (χ0v) is 26.5. The molecule has 0 amide bonds. The van der Waals surface area contributed by atoms with Gasteiger partial charge >= 0.3 is 152 Å². The van der Waals surface area contributed by atoms with E-state index in [2.05, 4.69) is 9.05 Å². The first kappa shape index (κ1) is 40.4. The van der Waals surface area contributed by atoms with Crippen molar-refractivity contribution in [3.8, 4) is 0 Å². The fourth-order valence-electron chi connectivity index (χ4n) is 0.625. The van der Waals surface area contributed by atoms with Crippen molar-refractivity contribution >= 4 is 48.3 Å². The number of hydrogen-bond acceptors (Lipinski definition) is 10. The van der Waals surface area contributed by atoms with Crippen LogP contribution in [-0.4, -0.2) is 68.4 Å². The van der Waals surface area contributed by atoms with Crippen molar-refractivity contribution in [1.29, 1.82) is 0 Å². The zero-order chi connectivity index (χ0) is 26.8. The van der Waals surface area contributed by atoms with Crippen molar-refractivity contribution in [3.05, 3.63) is 0 Å². The standard InChI is InChI=1S/4C4H9O.2CH5O3P.2Al/c4*1-4(2,3)5;2*1-4-5(2)3;;/h4*1-3H3;2*5H,1H3,(H,2,3);;/q4*-1;;;2*+3/p-2. The fraction of sp³-hybridized carbons (Fsp3) is 1.00. The Hall–Kier alpha value is 1.20. The SMILES string of the molecule is CC(C)(C)[O][Al+][O]C(C)(C)C.CC(C)(C)[O][Al+][O]C(C)(C)C.CO[PH](=O)[O-].CO[PH](=O)[O-]. The molecule has 14 heteroatoms. The summed E-state index contributed by atoms with van der Waals surface area (Å²) in [5.41, 5.74) is -0.275. The first-order chi connectivity index (χ1) is 14.0. The van der Waals surface area contributed by atoms with Crippen LogP contribution in [-0.2, 0) is 33.3 Å². The van der Waals surface area contributed by atoms with E-state index in [1.165, 1.54) is 0 Å². The Labute approximate surface area is 210 Å². The van der Waals surface area contributed by atoms with Gasteiger partial charge in [-0.2, -0.15) is 0 Å². The van der Waals surface area contributed by atoms with Crippen molar-refractivity contribution in [1.82, 2.24) is 0 Å². The van der Waals surface area contributed by atoms with E-state index in [0.717, 1.165) is 14.2 Å². The summed E-state index contributed by atoms with van der Waals surface area (Å²) in [4.78, 5) is 18.4. The van der Waals surface area contributed by atoms with Gasteiger partial charge in [-0.1, -0.05) is 0 Å². The van der Waals surface area contributed by atoms with Gasteiger partial charge in [0.25, 0.3) is 0 Å². The molecule has 0 bridgehead atoms. The van der Waals surface area contributed by atoms with Crippen LogP contribution in [0.5, 0.6) is 0 Å². The average molecular weight is 536 g/mol. The predicted octanol–water partition coefficient (Wildman–Crippen LogP) is 3.07. The minimum Gasteiger partial charge on any atom is -0.781 e. The van der Waals surface area contributed by atoms with Crippen molar-refractivity contribution in [3.63, 3.8) is 0 Å². The molecule has 0 fully saturated rings. The fourth-order valence-corrected chi connectivity index (χ4v) is 1.88. The second-order valence-corrected chi connectivity index (χ2v) is 13.2. The van der Waals surface area contributed by atoms with Crippen LogP contribution in [0.4, 0.5) is 0 Å². The quantitative estimate of drug-likeness (QED) is 0.368. The van der Waals surface area contributed by atoms with Crippen LogP contribution < -0.4 is 9.79 Å². The largest absolute Gasteiger partial charge is 0.781 e. The smallest absolute Gasteiger partial charge is 0.121 e. The molecule has 0 spiro atoms. The molecule has 10 nitrogen and oxygen atoms in total. The third-order valence-corrected chi connectivity index (χ3v) is 5.82. The molecule has 0 aliphatic carbocycles. The normalized spacial score (nSPS) is 13.5. The molecule has 192 valence electrons. The maximum atomic E-state index is 9.22. The molecule has 0 aliphatic rings. The number of rotatable bonds is 6. The Bertz CT molecular complexity index is 410. The summed E-state index contributed by atoms with van der Waals surface area (Å²) in [6.07, 6.45) is 0. The van der Waals surface area contributed by atoms with Crippen LogP contribution in [0.25, 0.3) is 0 Å². The molecule has 0 saturated carbocycles. The first-order valence-corrected chi connectivity index (χ1v) is 14.1. The van der Waals surface area contributed by atoms with E-state index in [0.29, 0.717) is 0 Å². The molecule has 2 unspecified atom stereocenters. The van der Waals surface area contributed by atoms with Crippen molar-refractivity contribution in [2.45, 2.75) is 105 Å². The molecule has 0 N–H and O–H groups in total. The Morgan fingerprint density at radius 2 is 0.625 bits per heavy atom. The van der Waals surface area contributed by atoms with Gasteiger partial charge < -0.3 is 28.0 Å².